The van der Waals surface area contributed by atoms with Gasteiger partial charge in [0.1, 0.15) is 11.5 Å². The van der Waals surface area contributed by atoms with Crippen LogP contribution in [0.4, 0.5) is 4.39 Å². The molecule has 0 saturated carbocycles. The van der Waals surface area contributed by atoms with Gasteiger partial charge in [-0.05, 0) is 62.9 Å². The van der Waals surface area contributed by atoms with Crippen LogP contribution in [0.1, 0.15) is 36.1 Å². The number of hydrogen-bond donors (Lipinski definition) is 0. The molecule has 2 heterocycles. The third-order valence-electron chi connectivity index (χ3n) is 6.07. The summed E-state index contributed by atoms with van der Waals surface area (Å²) in [6.45, 7) is 9.29. The lowest BCUT2D eigenvalue weighted by Gasteiger charge is -2.37. The van der Waals surface area contributed by atoms with Gasteiger partial charge in [0.2, 0.25) is 0 Å². The monoisotopic (exact) mass is 436 g/mol. The number of carbonyl (C=O) groups excluding carboxylic acids is 2. The number of ether oxygens (including phenoxy) is 1. The van der Waals surface area contributed by atoms with Crippen molar-refractivity contribution in [3.8, 4) is 0 Å². The largest absolute Gasteiger partial charge is 0.372 e. The number of rotatable bonds is 5. The number of benzene rings is 2. The van der Waals surface area contributed by atoms with Crippen LogP contribution >= 0.6 is 0 Å². The van der Waals surface area contributed by atoms with Gasteiger partial charge in [0.15, 0.2) is 0 Å². The van der Waals surface area contributed by atoms with Gasteiger partial charge in [0, 0.05) is 19.6 Å². The molecule has 5 nitrogen and oxygen atoms in total. The fourth-order valence-corrected chi connectivity index (χ4v) is 4.65. The van der Waals surface area contributed by atoms with Gasteiger partial charge >= 0.3 is 0 Å². The number of amides is 2. The molecule has 2 aliphatic heterocycles. The van der Waals surface area contributed by atoms with Crippen LogP contribution in [0.3, 0.4) is 0 Å². The lowest BCUT2D eigenvalue weighted by Crippen LogP contribution is -2.47. The first-order valence-corrected chi connectivity index (χ1v) is 11.1. The quantitative estimate of drug-likeness (QED) is 0.668. The fraction of sp³-hybridized carbons (Fsp3) is 0.385. The van der Waals surface area contributed by atoms with Crippen molar-refractivity contribution in [2.45, 2.75) is 46.3 Å². The van der Waals surface area contributed by atoms with Crippen LogP contribution in [-0.2, 0) is 20.7 Å². The standard InChI is InChI=1S/C26H29FN2O3/c1-16-5-10-22(17(2)13-16)23-24(28-14-18(3)32-19(4)15-28)26(31)29(25(23)30)12-11-20-6-8-21(27)9-7-20/h5-10,13,18-19H,11-12,14-15H2,1-4H3. The molecule has 32 heavy (non-hydrogen) atoms. The van der Waals surface area contributed by atoms with E-state index < -0.39 is 0 Å². The zero-order valence-electron chi connectivity index (χ0n) is 19.0. The average Bonchev–Trinajstić information content (AvgIpc) is 2.97. The van der Waals surface area contributed by atoms with Gasteiger partial charge in [-0.25, -0.2) is 4.39 Å². The summed E-state index contributed by atoms with van der Waals surface area (Å²) < 4.78 is 19.1. The Morgan fingerprint density at radius 2 is 1.62 bits per heavy atom. The number of halogens is 1. The third kappa shape index (κ3) is 4.32. The van der Waals surface area contributed by atoms with Crippen molar-refractivity contribution in [3.63, 3.8) is 0 Å². The fourth-order valence-electron chi connectivity index (χ4n) is 4.65. The van der Waals surface area contributed by atoms with Crippen molar-refractivity contribution in [1.29, 1.82) is 0 Å². The maximum absolute atomic E-state index is 13.6. The Balaban J connectivity index is 1.70. The molecule has 0 radical (unpaired) electrons. The minimum absolute atomic E-state index is 0.0391. The molecule has 2 amide bonds. The van der Waals surface area contributed by atoms with E-state index in [2.05, 4.69) is 0 Å². The van der Waals surface area contributed by atoms with Gasteiger partial charge in [-0.1, -0.05) is 35.9 Å². The van der Waals surface area contributed by atoms with E-state index in [-0.39, 0.29) is 36.4 Å². The van der Waals surface area contributed by atoms with Gasteiger partial charge in [-0.3, -0.25) is 14.5 Å². The number of morpholine rings is 1. The van der Waals surface area contributed by atoms with E-state index in [4.69, 9.17) is 4.74 Å². The Morgan fingerprint density at radius 3 is 2.25 bits per heavy atom. The zero-order chi connectivity index (χ0) is 23.0. The van der Waals surface area contributed by atoms with Crippen LogP contribution in [-0.4, -0.2) is 53.5 Å². The molecule has 1 fully saturated rings. The van der Waals surface area contributed by atoms with Gasteiger partial charge in [-0.15, -0.1) is 0 Å². The van der Waals surface area contributed by atoms with Crippen molar-refractivity contribution in [2.24, 2.45) is 0 Å². The molecule has 0 spiro atoms. The summed E-state index contributed by atoms with van der Waals surface area (Å²) >= 11 is 0. The Hall–Kier alpha value is -2.99. The summed E-state index contributed by atoms with van der Waals surface area (Å²) in [4.78, 5) is 30.5. The maximum atomic E-state index is 13.6. The van der Waals surface area contributed by atoms with Crippen LogP contribution in [0, 0.1) is 19.7 Å². The molecule has 4 rings (SSSR count). The highest BCUT2D eigenvalue weighted by Crippen LogP contribution is 2.35. The second-order valence-corrected chi connectivity index (χ2v) is 8.84. The second kappa shape index (κ2) is 8.87. The van der Waals surface area contributed by atoms with Crippen LogP contribution in [0.15, 0.2) is 48.2 Å². The Morgan fingerprint density at radius 1 is 0.969 bits per heavy atom. The first-order valence-electron chi connectivity index (χ1n) is 11.1. The van der Waals surface area contributed by atoms with Crippen molar-refractivity contribution in [1.82, 2.24) is 9.80 Å². The maximum Gasteiger partial charge on any atom is 0.277 e. The van der Waals surface area contributed by atoms with Gasteiger partial charge in [0.25, 0.3) is 11.8 Å². The van der Waals surface area contributed by atoms with Gasteiger partial charge in [0.05, 0.1) is 17.8 Å². The predicted molar refractivity (Wildman–Crippen MR) is 121 cm³/mol. The van der Waals surface area contributed by atoms with Crippen LogP contribution < -0.4 is 0 Å². The van der Waals surface area contributed by atoms with Gasteiger partial charge < -0.3 is 9.64 Å². The zero-order valence-corrected chi connectivity index (χ0v) is 19.0. The molecular formula is C26H29FN2O3. The second-order valence-electron chi connectivity index (χ2n) is 8.84. The normalized spacial score (nSPS) is 21.7. The van der Waals surface area contributed by atoms with Crippen molar-refractivity contribution in [3.05, 3.63) is 76.2 Å². The summed E-state index contributed by atoms with van der Waals surface area (Å²) in [6.07, 6.45) is 0.395. The Bertz CT molecular complexity index is 1070. The van der Waals surface area contributed by atoms with E-state index >= 15 is 0 Å². The third-order valence-corrected chi connectivity index (χ3v) is 6.07. The molecule has 2 aromatic rings. The van der Waals surface area contributed by atoms with E-state index in [0.717, 1.165) is 22.3 Å². The number of carbonyl (C=O) groups is 2. The Kier molecular flexibility index (Phi) is 6.15. The first kappa shape index (κ1) is 22.2. The lowest BCUT2D eigenvalue weighted by atomic mass is 9.97. The highest BCUT2D eigenvalue weighted by Gasteiger charge is 2.43. The minimum Gasteiger partial charge on any atom is -0.372 e. The molecule has 1 saturated heterocycles. The average molecular weight is 437 g/mol. The molecule has 2 atom stereocenters. The van der Waals surface area contributed by atoms with Crippen LogP contribution in [0.25, 0.3) is 5.57 Å². The lowest BCUT2D eigenvalue weighted by molar-refractivity contribution is -0.138. The van der Waals surface area contributed by atoms with Crippen molar-refractivity contribution >= 4 is 17.4 Å². The highest BCUT2D eigenvalue weighted by atomic mass is 19.1. The molecule has 6 heteroatoms. The minimum atomic E-state index is -0.307. The number of nitrogens with zero attached hydrogens (tertiary/aromatic N) is 2. The number of imide groups is 1. The molecule has 0 bridgehead atoms. The summed E-state index contributed by atoms with van der Waals surface area (Å²) in [7, 11) is 0. The van der Waals surface area contributed by atoms with Crippen molar-refractivity contribution < 1.29 is 18.7 Å². The van der Waals surface area contributed by atoms with E-state index in [1.54, 1.807) is 12.1 Å². The topological polar surface area (TPSA) is 49.9 Å². The molecule has 2 aliphatic rings. The van der Waals surface area contributed by atoms with Crippen LogP contribution in [0.5, 0.6) is 0 Å². The molecule has 0 N–H and O–H groups in total. The first-order chi connectivity index (χ1) is 15.2. The summed E-state index contributed by atoms with van der Waals surface area (Å²) in [5, 5.41) is 0. The predicted octanol–water partition coefficient (Wildman–Crippen LogP) is 3.87. The van der Waals surface area contributed by atoms with Crippen LogP contribution in [0.2, 0.25) is 0 Å². The van der Waals surface area contributed by atoms with E-state index in [0.29, 0.717) is 30.8 Å². The number of aryl methyl sites for hydroxylation is 2. The molecule has 0 aromatic heterocycles. The SMILES string of the molecule is Cc1ccc(C2=C(N3CC(C)OC(C)C3)C(=O)N(CCc3ccc(F)cc3)C2=O)c(C)c1. The summed E-state index contributed by atoms with van der Waals surface area (Å²) in [6, 6.07) is 12.1. The molecule has 2 aromatic carbocycles. The van der Waals surface area contributed by atoms with E-state index in [9.17, 15) is 14.0 Å². The smallest absolute Gasteiger partial charge is 0.277 e. The molecule has 2 unspecified atom stereocenters. The van der Waals surface area contributed by atoms with E-state index in [1.165, 1.54) is 17.0 Å². The molecular weight excluding hydrogens is 407 g/mol. The Labute approximate surface area is 188 Å². The molecule has 0 aliphatic carbocycles. The highest BCUT2D eigenvalue weighted by molar-refractivity contribution is 6.35. The van der Waals surface area contributed by atoms with Gasteiger partial charge in [-0.2, -0.15) is 0 Å². The molecule has 168 valence electrons. The summed E-state index contributed by atoms with van der Waals surface area (Å²) in [5.74, 6) is -0.849. The summed E-state index contributed by atoms with van der Waals surface area (Å²) in [5.41, 5.74) is 4.67. The van der Waals surface area contributed by atoms with E-state index in [1.807, 2.05) is 50.8 Å². The number of hydrogen-bond acceptors (Lipinski definition) is 4. The van der Waals surface area contributed by atoms with Crippen molar-refractivity contribution in [2.75, 3.05) is 19.6 Å².